The van der Waals surface area contributed by atoms with Gasteiger partial charge in [0.1, 0.15) is 0 Å². The molecule has 0 fully saturated rings. The highest BCUT2D eigenvalue weighted by Crippen LogP contribution is 2.42. The highest BCUT2D eigenvalue weighted by Gasteiger charge is 2.38. The molecule has 1 N–H and O–H groups in total. The second-order valence-electron chi connectivity index (χ2n) is 9.45. The maximum absolute atomic E-state index is 13.5. The molecule has 3 aromatic rings. The highest BCUT2D eigenvalue weighted by atomic mass is 16.5. The summed E-state index contributed by atoms with van der Waals surface area (Å²) in [6.07, 6.45) is 0.679. The first kappa shape index (κ1) is 21.9. The van der Waals surface area contributed by atoms with Crippen molar-refractivity contribution in [2.24, 2.45) is 5.41 Å². The SMILES string of the molecule is COc1cc2c(cc1OC)[C@@H](c1cc3ccc(C)cc3[nH]c1=O)N(C(=O)C(C)(C)C)CC2. The normalized spacial score (nSPS) is 16.1. The number of fused-ring (bicyclic) bond motifs is 2. The molecule has 1 aromatic heterocycles. The van der Waals surface area contributed by atoms with E-state index in [1.807, 2.05) is 69.0 Å². The minimum absolute atomic E-state index is 0.00587. The van der Waals surface area contributed by atoms with E-state index in [0.717, 1.165) is 27.6 Å². The summed E-state index contributed by atoms with van der Waals surface area (Å²) < 4.78 is 11.0. The molecular weight excluding hydrogens is 404 g/mol. The number of nitrogens with zero attached hydrogens (tertiary/aromatic N) is 1. The molecule has 0 spiro atoms. The molecule has 6 nitrogen and oxygen atoms in total. The first-order chi connectivity index (χ1) is 15.1. The van der Waals surface area contributed by atoms with Crippen LogP contribution in [0.5, 0.6) is 11.5 Å². The topological polar surface area (TPSA) is 71.6 Å². The van der Waals surface area contributed by atoms with Crippen molar-refractivity contribution < 1.29 is 14.3 Å². The smallest absolute Gasteiger partial charge is 0.254 e. The van der Waals surface area contributed by atoms with Crippen molar-refractivity contribution in [3.05, 3.63) is 69.0 Å². The summed E-state index contributed by atoms with van der Waals surface area (Å²) in [7, 11) is 3.20. The Kier molecular flexibility index (Phi) is 5.49. The van der Waals surface area contributed by atoms with Gasteiger partial charge in [-0.25, -0.2) is 0 Å². The average molecular weight is 435 g/mol. The Morgan fingerprint density at radius 3 is 2.38 bits per heavy atom. The van der Waals surface area contributed by atoms with Crippen molar-refractivity contribution in [3.8, 4) is 11.5 Å². The van der Waals surface area contributed by atoms with E-state index in [1.165, 1.54) is 0 Å². The third-order valence-corrected chi connectivity index (χ3v) is 6.10. The molecule has 1 aliphatic heterocycles. The van der Waals surface area contributed by atoms with Crippen LogP contribution in [0.3, 0.4) is 0 Å². The van der Waals surface area contributed by atoms with E-state index in [-0.39, 0.29) is 11.5 Å². The first-order valence-corrected chi connectivity index (χ1v) is 10.8. The number of nitrogens with one attached hydrogen (secondary N) is 1. The minimum Gasteiger partial charge on any atom is -0.493 e. The lowest BCUT2D eigenvalue weighted by Crippen LogP contribution is -2.47. The number of pyridine rings is 1. The number of rotatable bonds is 3. The van der Waals surface area contributed by atoms with Gasteiger partial charge in [0.2, 0.25) is 5.91 Å². The average Bonchev–Trinajstić information content (AvgIpc) is 2.75. The number of benzene rings is 2. The molecule has 0 saturated carbocycles. The second-order valence-corrected chi connectivity index (χ2v) is 9.45. The Morgan fingerprint density at radius 2 is 1.72 bits per heavy atom. The van der Waals surface area contributed by atoms with Crippen molar-refractivity contribution in [2.45, 2.75) is 40.2 Å². The van der Waals surface area contributed by atoms with Gasteiger partial charge >= 0.3 is 0 Å². The van der Waals surface area contributed by atoms with Crippen molar-refractivity contribution in [1.29, 1.82) is 0 Å². The first-order valence-electron chi connectivity index (χ1n) is 10.8. The van der Waals surface area contributed by atoms with Gasteiger partial charge < -0.3 is 19.4 Å². The number of hydrogen-bond acceptors (Lipinski definition) is 4. The van der Waals surface area contributed by atoms with Crippen LogP contribution in [-0.2, 0) is 11.2 Å². The van der Waals surface area contributed by atoms with Crippen molar-refractivity contribution >= 4 is 16.8 Å². The van der Waals surface area contributed by atoms with Gasteiger partial charge in [0, 0.05) is 23.0 Å². The van der Waals surface area contributed by atoms with E-state index in [9.17, 15) is 9.59 Å². The van der Waals surface area contributed by atoms with Crippen LogP contribution in [0.1, 0.15) is 49.1 Å². The molecule has 1 atom stereocenters. The van der Waals surface area contributed by atoms with Crippen LogP contribution in [0, 0.1) is 12.3 Å². The summed E-state index contributed by atoms with van der Waals surface area (Å²) in [5.41, 5.74) is 3.58. The van der Waals surface area contributed by atoms with Crippen molar-refractivity contribution in [2.75, 3.05) is 20.8 Å². The Balaban J connectivity index is 1.98. The number of carbonyl (C=O) groups is 1. The Labute approximate surface area is 188 Å². The monoisotopic (exact) mass is 434 g/mol. The fraction of sp³-hybridized carbons (Fsp3) is 0.385. The van der Waals surface area contributed by atoms with Crippen LogP contribution in [-0.4, -0.2) is 36.6 Å². The van der Waals surface area contributed by atoms with Crippen molar-refractivity contribution in [1.82, 2.24) is 9.88 Å². The fourth-order valence-electron chi connectivity index (χ4n) is 4.47. The van der Waals surface area contributed by atoms with E-state index in [4.69, 9.17) is 9.47 Å². The lowest BCUT2D eigenvalue weighted by molar-refractivity contribution is -0.141. The number of ether oxygens (including phenoxy) is 2. The van der Waals surface area contributed by atoms with Gasteiger partial charge in [-0.3, -0.25) is 9.59 Å². The van der Waals surface area contributed by atoms with E-state index in [2.05, 4.69) is 4.98 Å². The summed E-state index contributed by atoms with van der Waals surface area (Å²) in [5, 5.41) is 0.931. The van der Waals surface area contributed by atoms with Crippen LogP contribution in [0.2, 0.25) is 0 Å². The number of aromatic nitrogens is 1. The fourth-order valence-corrected chi connectivity index (χ4v) is 4.47. The summed E-state index contributed by atoms with van der Waals surface area (Å²) in [5.74, 6) is 1.23. The molecule has 2 aromatic carbocycles. The summed E-state index contributed by atoms with van der Waals surface area (Å²) >= 11 is 0. The number of hydrogen-bond donors (Lipinski definition) is 1. The molecule has 0 bridgehead atoms. The van der Waals surface area contributed by atoms with Crippen LogP contribution >= 0.6 is 0 Å². The third-order valence-electron chi connectivity index (χ3n) is 6.10. The van der Waals surface area contributed by atoms with Gasteiger partial charge in [0.15, 0.2) is 11.5 Å². The molecule has 6 heteroatoms. The van der Waals surface area contributed by atoms with Crippen molar-refractivity contribution in [3.63, 3.8) is 0 Å². The minimum atomic E-state index is -0.576. The van der Waals surface area contributed by atoms with Gasteiger partial charge in [-0.2, -0.15) is 0 Å². The molecule has 32 heavy (non-hydrogen) atoms. The van der Waals surface area contributed by atoms with E-state index in [0.29, 0.717) is 30.0 Å². The maximum Gasteiger partial charge on any atom is 0.254 e. The van der Waals surface area contributed by atoms with Crippen LogP contribution in [0.15, 0.2) is 41.2 Å². The van der Waals surface area contributed by atoms with E-state index in [1.54, 1.807) is 14.2 Å². The highest BCUT2D eigenvalue weighted by molar-refractivity contribution is 5.84. The number of methoxy groups -OCH3 is 2. The quantitative estimate of drug-likeness (QED) is 0.664. The molecule has 0 radical (unpaired) electrons. The Hall–Kier alpha value is -3.28. The lowest BCUT2D eigenvalue weighted by atomic mass is 9.85. The standard InChI is InChI=1S/C26H30N2O4/c1-15-7-8-17-12-19(24(29)27-20(17)11-15)23-18-14-22(32-6)21(31-5)13-16(18)9-10-28(23)25(30)26(2,3)4/h7-8,11-14,23H,9-10H2,1-6H3,(H,27,29)/t23-/m0/s1. The van der Waals surface area contributed by atoms with Crippen LogP contribution in [0.4, 0.5) is 0 Å². The summed E-state index contributed by atoms with van der Waals surface area (Å²) in [4.78, 5) is 31.6. The summed E-state index contributed by atoms with van der Waals surface area (Å²) in [6, 6.07) is 11.2. The van der Waals surface area contributed by atoms with Crippen LogP contribution in [0.25, 0.3) is 10.9 Å². The largest absolute Gasteiger partial charge is 0.493 e. The van der Waals surface area contributed by atoms with Gasteiger partial charge in [-0.15, -0.1) is 0 Å². The Morgan fingerprint density at radius 1 is 1.03 bits per heavy atom. The Bertz CT molecular complexity index is 1250. The third kappa shape index (κ3) is 3.74. The zero-order valence-electron chi connectivity index (χ0n) is 19.5. The van der Waals surface area contributed by atoms with Gasteiger partial charge in [-0.05, 0) is 59.7 Å². The van der Waals surface area contributed by atoms with Gasteiger partial charge in [0.05, 0.1) is 20.3 Å². The van der Waals surface area contributed by atoms with Gasteiger partial charge in [0.25, 0.3) is 5.56 Å². The molecule has 0 aliphatic carbocycles. The maximum atomic E-state index is 13.5. The van der Waals surface area contributed by atoms with E-state index < -0.39 is 11.5 Å². The molecule has 1 amide bonds. The predicted molar refractivity (Wildman–Crippen MR) is 126 cm³/mol. The molecular formula is C26H30N2O4. The number of H-pyrrole nitrogens is 1. The second kappa shape index (κ2) is 8.01. The molecule has 0 saturated heterocycles. The molecule has 2 heterocycles. The van der Waals surface area contributed by atoms with E-state index >= 15 is 0 Å². The van der Waals surface area contributed by atoms with Gasteiger partial charge in [-0.1, -0.05) is 32.9 Å². The number of aromatic amines is 1. The number of amides is 1. The predicted octanol–water partition coefficient (Wildman–Crippen LogP) is 4.37. The number of carbonyl (C=O) groups excluding carboxylic acids is 1. The molecule has 0 unspecified atom stereocenters. The molecule has 1 aliphatic rings. The summed E-state index contributed by atoms with van der Waals surface area (Å²) in [6.45, 7) is 8.23. The zero-order valence-corrected chi connectivity index (χ0v) is 19.5. The lowest BCUT2D eigenvalue weighted by Gasteiger charge is -2.40. The zero-order chi connectivity index (χ0) is 23.2. The van der Waals surface area contributed by atoms with Crippen LogP contribution < -0.4 is 15.0 Å². The molecule has 168 valence electrons. The molecule has 4 rings (SSSR count). The number of aryl methyl sites for hydroxylation is 1.